The molecule has 3 atom stereocenters. The lowest BCUT2D eigenvalue weighted by Gasteiger charge is -2.29. The highest BCUT2D eigenvalue weighted by Gasteiger charge is 2.23. The van der Waals surface area contributed by atoms with E-state index in [0.717, 1.165) is 77.0 Å². The van der Waals surface area contributed by atoms with Gasteiger partial charge in [-0.15, -0.1) is 0 Å². The van der Waals surface area contributed by atoms with Crippen molar-refractivity contribution in [1.82, 2.24) is 5.32 Å². The number of nitrogens with one attached hydrogen (secondary N) is 1. The van der Waals surface area contributed by atoms with E-state index in [2.05, 4.69) is 79.9 Å². The van der Waals surface area contributed by atoms with Gasteiger partial charge in [-0.1, -0.05) is 202 Å². The second kappa shape index (κ2) is 44.2. The first-order valence-corrected chi connectivity index (χ1v) is 26.8. The van der Waals surface area contributed by atoms with Crippen molar-refractivity contribution in [3.05, 3.63) is 72.9 Å². The zero-order chi connectivity index (χ0) is 45.7. The van der Waals surface area contributed by atoms with Crippen molar-refractivity contribution in [3.8, 4) is 0 Å². The van der Waals surface area contributed by atoms with Crippen LogP contribution in [0.4, 0.5) is 0 Å². The van der Waals surface area contributed by atoms with Crippen LogP contribution >= 0.6 is 7.82 Å². The summed E-state index contributed by atoms with van der Waals surface area (Å²) in [7, 11) is 1.22. The molecule has 0 spiro atoms. The van der Waals surface area contributed by atoms with E-state index in [1.165, 1.54) is 109 Å². The molecular weight excluding hydrogens is 792 g/mol. The maximum Gasteiger partial charge on any atom is 0.268 e. The van der Waals surface area contributed by atoms with Crippen LogP contribution in [0.2, 0.25) is 0 Å². The summed E-state index contributed by atoms with van der Waals surface area (Å²) in [5.41, 5.74) is 0. The number of likely N-dealkylation sites (N-methyl/N-ethyl adjacent to an activating group) is 1. The molecule has 9 heteroatoms. The second-order valence-corrected chi connectivity index (χ2v) is 19.5. The highest BCUT2D eigenvalue weighted by molar-refractivity contribution is 7.45. The Bertz CT molecular complexity index is 1240. The number of carbonyl (C=O) groups excluding carboxylic acids is 1. The van der Waals surface area contributed by atoms with Crippen molar-refractivity contribution >= 4 is 13.7 Å². The quantitative estimate of drug-likeness (QED) is 0.0273. The molecule has 8 nitrogen and oxygen atoms in total. The average molecular weight is 889 g/mol. The lowest BCUT2D eigenvalue weighted by atomic mass is 10.0. The number of allylic oxidation sites excluding steroid dienone is 11. The molecule has 0 rings (SSSR count). The van der Waals surface area contributed by atoms with Crippen molar-refractivity contribution in [1.29, 1.82) is 0 Å². The number of unbranched alkanes of at least 4 members (excludes halogenated alkanes) is 22. The van der Waals surface area contributed by atoms with Gasteiger partial charge in [0.2, 0.25) is 5.91 Å². The van der Waals surface area contributed by atoms with Crippen LogP contribution in [0.5, 0.6) is 0 Å². The minimum atomic E-state index is -4.61. The lowest BCUT2D eigenvalue weighted by molar-refractivity contribution is -0.870. The molecule has 0 heterocycles. The maximum atomic E-state index is 12.9. The zero-order valence-electron chi connectivity index (χ0n) is 40.8. The molecule has 0 aromatic rings. The SMILES string of the molecule is CC/C=C\C/C=C\C/C=C\C/C=C\CCCCCCCCC(=O)NC(COP(=O)([O-])OCC[N+](C)(C)C)C(O)/C=C/CC/C=C/CCCCCCCCCCCCCCCCC. The molecule has 2 N–H and O–H groups in total. The van der Waals surface area contributed by atoms with Crippen LogP contribution in [0.1, 0.15) is 206 Å². The van der Waals surface area contributed by atoms with E-state index in [-0.39, 0.29) is 12.5 Å². The van der Waals surface area contributed by atoms with E-state index < -0.39 is 26.6 Å². The van der Waals surface area contributed by atoms with E-state index in [1.807, 2.05) is 27.2 Å². The van der Waals surface area contributed by atoms with Crippen LogP contribution in [0.3, 0.4) is 0 Å². The van der Waals surface area contributed by atoms with Crippen LogP contribution in [0, 0.1) is 0 Å². The number of nitrogens with zero attached hydrogens (tertiary/aromatic N) is 1. The Labute approximate surface area is 383 Å². The summed E-state index contributed by atoms with van der Waals surface area (Å²) in [6.45, 7) is 4.50. The van der Waals surface area contributed by atoms with E-state index in [9.17, 15) is 19.4 Å². The first-order chi connectivity index (χ1) is 30.0. The number of carbonyl (C=O) groups is 1. The van der Waals surface area contributed by atoms with Gasteiger partial charge in [-0.05, 0) is 70.6 Å². The lowest BCUT2D eigenvalue weighted by Crippen LogP contribution is -2.45. The van der Waals surface area contributed by atoms with E-state index in [0.29, 0.717) is 17.4 Å². The summed E-state index contributed by atoms with van der Waals surface area (Å²) < 4.78 is 23.3. The molecule has 0 aliphatic heterocycles. The summed E-state index contributed by atoms with van der Waals surface area (Å²) >= 11 is 0. The summed E-state index contributed by atoms with van der Waals surface area (Å²) in [6, 6.07) is -0.915. The largest absolute Gasteiger partial charge is 0.756 e. The summed E-state index contributed by atoms with van der Waals surface area (Å²) in [5.74, 6) is -0.223. The number of hydrogen-bond donors (Lipinski definition) is 2. The normalized spacial score (nSPS) is 14.8. The average Bonchev–Trinajstić information content (AvgIpc) is 3.23. The van der Waals surface area contributed by atoms with Crippen LogP contribution in [0.15, 0.2) is 72.9 Å². The molecule has 0 aliphatic carbocycles. The fourth-order valence-corrected chi connectivity index (χ4v) is 7.65. The van der Waals surface area contributed by atoms with Crippen molar-refractivity contribution < 1.29 is 32.9 Å². The fourth-order valence-electron chi connectivity index (χ4n) is 6.92. The first kappa shape index (κ1) is 59.9. The topological polar surface area (TPSA) is 108 Å². The number of phosphoric acid groups is 1. The van der Waals surface area contributed by atoms with Gasteiger partial charge in [0.25, 0.3) is 7.82 Å². The molecule has 3 unspecified atom stereocenters. The summed E-state index contributed by atoms with van der Waals surface area (Å²) in [5, 5.41) is 13.8. The molecule has 1 amide bonds. The van der Waals surface area contributed by atoms with Gasteiger partial charge < -0.3 is 28.8 Å². The molecule has 0 fully saturated rings. The number of aliphatic hydroxyl groups is 1. The van der Waals surface area contributed by atoms with Crippen molar-refractivity contribution in [2.75, 3.05) is 40.9 Å². The van der Waals surface area contributed by atoms with Crippen molar-refractivity contribution in [3.63, 3.8) is 0 Å². The molecule has 360 valence electrons. The van der Waals surface area contributed by atoms with Crippen LogP contribution in [-0.4, -0.2) is 68.5 Å². The molecule has 0 saturated heterocycles. The molecule has 0 aromatic carbocycles. The fraction of sp³-hybridized carbons (Fsp3) is 0.755. The monoisotopic (exact) mass is 889 g/mol. The van der Waals surface area contributed by atoms with Crippen LogP contribution in [-0.2, 0) is 18.4 Å². The Balaban J connectivity index is 4.41. The van der Waals surface area contributed by atoms with Gasteiger partial charge in [0, 0.05) is 6.42 Å². The number of amides is 1. The van der Waals surface area contributed by atoms with E-state index in [1.54, 1.807) is 6.08 Å². The predicted octanol–water partition coefficient (Wildman–Crippen LogP) is 14.1. The van der Waals surface area contributed by atoms with Gasteiger partial charge in [-0.2, -0.15) is 0 Å². The van der Waals surface area contributed by atoms with E-state index >= 15 is 0 Å². The number of quaternary nitrogens is 1. The van der Waals surface area contributed by atoms with Crippen molar-refractivity contribution in [2.24, 2.45) is 0 Å². The predicted molar refractivity (Wildman–Crippen MR) is 265 cm³/mol. The molecule has 0 aliphatic rings. The molecule has 0 saturated carbocycles. The zero-order valence-corrected chi connectivity index (χ0v) is 41.7. The third kappa shape index (κ3) is 45.9. The Morgan fingerprint density at radius 1 is 0.581 bits per heavy atom. The van der Waals surface area contributed by atoms with Crippen LogP contribution in [0.25, 0.3) is 0 Å². The van der Waals surface area contributed by atoms with Crippen molar-refractivity contribution in [2.45, 2.75) is 219 Å². The highest BCUT2D eigenvalue weighted by atomic mass is 31.2. The van der Waals surface area contributed by atoms with Gasteiger partial charge in [0.15, 0.2) is 0 Å². The third-order valence-corrected chi connectivity index (χ3v) is 11.9. The van der Waals surface area contributed by atoms with Crippen LogP contribution < -0.4 is 10.2 Å². The third-order valence-electron chi connectivity index (χ3n) is 10.9. The van der Waals surface area contributed by atoms with Gasteiger partial charge in [0.1, 0.15) is 13.2 Å². The second-order valence-electron chi connectivity index (χ2n) is 18.1. The Morgan fingerprint density at radius 3 is 1.50 bits per heavy atom. The molecule has 0 aromatic heterocycles. The minimum Gasteiger partial charge on any atom is -0.756 e. The van der Waals surface area contributed by atoms with Gasteiger partial charge in [-0.3, -0.25) is 9.36 Å². The number of rotatable bonds is 45. The molecule has 0 radical (unpaired) electrons. The van der Waals surface area contributed by atoms with Gasteiger partial charge in [0.05, 0.1) is 39.9 Å². The molecule has 62 heavy (non-hydrogen) atoms. The Morgan fingerprint density at radius 2 is 1.00 bits per heavy atom. The summed E-state index contributed by atoms with van der Waals surface area (Å²) in [6.07, 6.45) is 59.6. The number of hydrogen-bond acceptors (Lipinski definition) is 6. The Kier molecular flexibility index (Phi) is 42.7. The van der Waals surface area contributed by atoms with Gasteiger partial charge >= 0.3 is 0 Å². The summed E-state index contributed by atoms with van der Waals surface area (Å²) in [4.78, 5) is 25.4. The minimum absolute atomic E-state index is 0.0127. The molecular formula is C53H97N2O6P. The number of phosphoric ester groups is 1. The molecule has 0 bridgehead atoms. The first-order valence-electron chi connectivity index (χ1n) is 25.3. The van der Waals surface area contributed by atoms with Gasteiger partial charge in [-0.25, -0.2) is 0 Å². The Hall–Kier alpha value is -2.06. The van der Waals surface area contributed by atoms with E-state index in [4.69, 9.17) is 9.05 Å². The number of aliphatic hydroxyl groups excluding tert-OH is 1. The maximum absolute atomic E-state index is 12.9. The highest BCUT2D eigenvalue weighted by Crippen LogP contribution is 2.38. The standard InChI is InChI=1S/C53H97N2O6P/c1-6-8-10-12-14-16-18-20-22-24-26-27-29-30-32-34-36-38-40-42-44-46-52(56)51(50-61-62(58,59)60-49-48-55(3,4)5)54-53(57)47-45-43-41-39-37-35-33-31-28-25-23-21-19-17-15-13-11-9-7-2/h9,11,15,17,21,23,28,31,36,38,44,46,51-52,56H,6-8,10,12-14,16,18-20,22,24-27,29-30,32-35,37,39-43,45,47-50H2,1-5H3,(H-,54,57,58,59)/b11-9-,17-15-,23-21-,31-28-,38-36+,46-44+. The smallest absolute Gasteiger partial charge is 0.268 e.